The maximum Gasteiger partial charge on any atom is 0.0912 e. The normalized spacial score (nSPS) is 17.0. The number of benzene rings is 2. The van der Waals surface area contributed by atoms with Crippen LogP contribution in [-0.4, -0.2) is 9.52 Å². The zero-order valence-corrected chi connectivity index (χ0v) is 21.5. The molecule has 2 aromatic rings. The number of hydrogen-bond donors (Lipinski definition) is 0. The van der Waals surface area contributed by atoms with Gasteiger partial charge in [-0.2, -0.15) is 0 Å². The minimum atomic E-state index is -0.719. The number of halogens is 2. The van der Waals surface area contributed by atoms with Gasteiger partial charge in [-0.05, 0) is 57.7 Å². The van der Waals surface area contributed by atoms with Gasteiger partial charge < -0.3 is 0 Å². The van der Waals surface area contributed by atoms with E-state index in [9.17, 15) is 0 Å². The summed E-state index contributed by atoms with van der Waals surface area (Å²) < 4.78 is 0. The maximum absolute atomic E-state index is 6.74. The van der Waals surface area contributed by atoms with E-state index >= 15 is 0 Å². The molecule has 0 bridgehead atoms. The van der Waals surface area contributed by atoms with Crippen molar-refractivity contribution < 1.29 is 26.2 Å². The second-order valence-corrected chi connectivity index (χ2v) is 9.92. The molecule has 0 amide bonds. The SMILES string of the molecule is CC1=C(c2ccccc2)CC(Cl)=C1[SiH2]C1=C(Cl)CC(c2ccccc2)=C1C.[Zr]. The molecule has 2 aromatic carbocycles. The Morgan fingerprint density at radius 3 is 1.36 bits per heavy atom. The molecule has 0 fully saturated rings. The van der Waals surface area contributed by atoms with Crippen molar-refractivity contribution in [3.8, 4) is 0 Å². The summed E-state index contributed by atoms with van der Waals surface area (Å²) in [7, 11) is -0.719. The molecule has 140 valence electrons. The van der Waals surface area contributed by atoms with Crippen LogP contribution in [0.3, 0.4) is 0 Å². The van der Waals surface area contributed by atoms with Crippen molar-refractivity contribution in [1.29, 1.82) is 0 Å². The Hall–Kier alpha value is -0.920. The van der Waals surface area contributed by atoms with E-state index in [0.717, 1.165) is 22.9 Å². The summed E-state index contributed by atoms with van der Waals surface area (Å²) in [6.45, 7) is 4.45. The topological polar surface area (TPSA) is 0 Å². The fraction of sp³-hybridized carbons (Fsp3) is 0.167. The molecular formula is C24H22Cl2SiZr. The Balaban J connectivity index is 0.00000225. The predicted octanol–water partition coefficient (Wildman–Crippen LogP) is 6.81. The van der Waals surface area contributed by atoms with E-state index < -0.39 is 9.52 Å². The molecule has 0 atom stereocenters. The van der Waals surface area contributed by atoms with Gasteiger partial charge in [-0.15, -0.1) is 0 Å². The minimum Gasteiger partial charge on any atom is -0.0889 e. The van der Waals surface area contributed by atoms with E-state index in [-0.39, 0.29) is 26.2 Å². The molecule has 28 heavy (non-hydrogen) atoms. The summed E-state index contributed by atoms with van der Waals surface area (Å²) in [5, 5.41) is 4.77. The summed E-state index contributed by atoms with van der Waals surface area (Å²) >= 11 is 13.5. The fourth-order valence-corrected chi connectivity index (χ4v) is 7.01. The molecule has 0 nitrogen and oxygen atoms in total. The van der Waals surface area contributed by atoms with Gasteiger partial charge in [0.05, 0.1) is 9.52 Å². The van der Waals surface area contributed by atoms with Gasteiger partial charge in [0.1, 0.15) is 0 Å². The molecule has 4 heteroatoms. The maximum atomic E-state index is 6.74. The number of hydrogen-bond acceptors (Lipinski definition) is 0. The summed E-state index contributed by atoms with van der Waals surface area (Å²) in [5.41, 5.74) is 8.00. The van der Waals surface area contributed by atoms with E-state index in [1.807, 2.05) is 0 Å². The van der Waals surface area contributed by atoms with Gasteiger partial charge in [0.25, 0.3) is 0 Å². The first-order valence-corrected chi connectivity index (χ1v) is 11.5. The molecule has 0 aromatic heterocycles. The van der Waals surface area contributed by atoms with Crippen molar-refractivity contribution in [1.82, 2.24) is 0 Å². The molecule has 4 rings (SSSR count). The van der Waals surface area contributed by atoms with E-state index in [0.29, 0.717) is 0 Å². The second-order valence-electron chi connectivity index (χ2n) is 7.24. The van der Waals surface area contributed by atoms with Crippen molar-refractivity contribution in [2.75, 3.05) is 0 Å². The van der Waals surface area contributed by atoms with Crippen LogP contribution in [0.5, 0.6) is 0 Å². The summed E-state index contributed by atoms with van der Waals surface area (Å²) in [5.74, 6) is 0. The molecule has 0 saturated heterocycles. The van der Waals surface area contributed by atoms with Gasteiger partial charge in [0, 0.05) is 49.1 Å². The van der Waals surface area contributed by atoms with Crippen LogP contribution >= 0.6 is 23.2 Å². The molecule has 2 aliphatic carbocycles. The van der Waals surface area contributed by atoms with E-state index in [4.69, 9.17) is 23.2 Å². The third-order valence-corrected chi connectivity index (χ3v) is 9.52. The predicted molar refractivity (Wildman–Crippen MR) is 122 cm³/mol. The van der Waals surface area contributed by atoms with Crippen molar-refractivity contribution in [3.05, 3.63) is 103 Å². The Bertz CT molecular complexity index is 932. The Kier molecular flexibility index (Phi) is 7.21. The van der Waals surface area contributed by atoms with Crippen LogP contribution in [0.1, 0.15) is 37.8 Å². The van der Waals surface area contributed by atoms with Gasteiger partial charge in [0.2, 0.25) is 0 Å². The average Bonchev–Trinajstić information content (AvgIpc) is 3.14. The Labute approximate surface area is 199 Å². The van der Waals surface area contributed by atoms with Crippen LogP contribution in [0.4, 0.5) is 0 Å². The van der Waals surface area contributed by atoms with Crippen molar-refractivity contribution in [3.63, 3.8) is 0 Å². The molecule has 0 N–H and O–H groups in total. The van der Waals surface area contributed by atoms with E-state index in [2.05, 4.69) is 74.5 Å². The van der Waals surface area contributed by atoms with Crippen LogP contribution in [0, 0.1) is 0 Å². The first-order chi connectivity index (χ1) is 13.1. The average molecular weight is 501 g/mol. The van der Waals surface area contributed by atoms with Crippen LogP contribution in [0.15, 0.2) is 92.3 Å². The zero-order valence-electron chi connectivity index (χ0n) is 16.2. The molecule has 0 spiro atoms. The monoisotopic (exact) mass is 498 g/mol. The van der Waals surface area contributed by atoms with Gasteiger partial charge in [-0.1, -0.05) is 83.9 Å². The molecule has 0 heterocycles. The van der Waals surface area contributed by atoms with Crippen molar-refractivity contribution >= 4 is 43.9 Å². The summed E-state index contributed by atoms with van der Waals surface area (Å²) in [4.78, 5) is 0. The second kappa shape index (κ2) is 9.26. The number of allylic oxidation sites excluding steroid dienone is 8. The minimum absolute atomic E-state index is 0. The van der Waals surface area contributed by atoms with Crippen molar-refractivity contribution in [2.45, 2.75) is 26.7 Å². The third-order valence-electron chi connectivity index (χ3n) is 5.73. The smallest absolute Gasteiger partial charge is 0.0889 e. The van der Waals surface area contributed by atoms with Gasteiger partial charge in [-0.3, -0.25) is 0 Å². The zero-order chi connectivity index (χ0) is 19.0. The molecule has 0 saturated carbocycles. The standard InChI is InChI=1S/C24H22Cl2Si.Zr/c1-15-19(17-9-5-3-6-10-17)13-21(25)23(15)27-24-16(2)20(14-22(24)26)18-11-7-4-8-12-18;/h3-12H,13-14,27H2,1-2H3;. The molecule has 0 aliphatic heterocycles. The van der Waals surface area contributed by atoms with E-state index in [1.54, 1.807) is 0 Å². The molecule has 0 unspecified atom stereocenters. The third kappa shape index (κ3) is 4.17. The Morgan fingerprint density at radius 2 is 1.00 bits per heavy atom. The molecule has 2 aliphatic rings. The van der Waals surface area contributed by atoms with Crippen LogP contribution in [0.2, 0.25) is 0 Å². The van der Waals surface area contributed by atoms with Crippen LogP contribution in [0.25, 0.3) is 11.1 Å². The molecular weight excluding hydrogens is 478 g/mol. The van der Waals surface area contributed by atoms with Gasteiger partial charge in [-0.25, -0.2) is 0 Å². The first kappa shape index (κ1) is 21.8. The first-order valence-electron chi connectivity index (χ1n) is 9.32. The number of rotatable bonds is 4. The van der Waals surface area contributed by atoms with Crippen LogP contribution in [-0.2, 0) is 26.2 Å². The van der Waals surface area contributed by atoms with Gasteiger partial charge in [0.15, 0.2) is 0 Å². The quantitative estimate of drug-likeness (QED) is 0.405. The fourth-order valence-electron chi connectivity index (χ4n) is 4.11. The summed E-state index contributed by atoms with van der Waals surface area (Å²) in [6.07, 6.45) is 1.69. The van der Waals surface area contributed by atoms with Crippen LogP contribution < -0.4 is 0 Å². The largest absolute Gasteiger partial charge is 0.0912 e. The Morgan fingerprint density at radius 1 is 0.643 bits per heavy atom. The van der Waals surface area contributed by atoms with Gasteiger partial charge >= 0.3 is 0 Å². The van der Waals surface area contributed by atoms with Crippen molar-refractivity contribution in [2.24, 2.45) is 0 Å². The molecule has 0 radical (unpaired) electrons. The summed E-state index contributed by atoms with van der Waals surface area (Å²) in [6, 6.07) is 21.2. The van der Waals surface area contributed by atoms with E-state index in [1.165, 1.54) is 43.8 Å².